The van der Waals surface area contributed by atoms with E-state index in [4.69, 9.17) is 21.6 Å². The van der Waals surface area contributed by atoms with Crippen LogP contribution in [0.25, 0.3) is 0 Å². The van der Waals surface area contributed by atoms with Crippen molar-refractivity contribution in [1.82, 2.24) is 0 Å². The fourth-order valence-electron chi connectivity index (χ4n) is 2.98. The van der Waals surface area contributed by atoms with Crippen LogP contribution in [0.5, 0.6) is 5.75 Å². The summed E-state index contributed by atoms with van der Waals surface area (Å²) in [5.41, 5.74) is 2.24. The van der Waals surface area contributed by atoms with Gasteiger partial charge in [-0.3, -0.25) is 4.79 Å². The summed E-state index contributed by atoms with van der Waals surface area (Å²) in [6.07, 6.45) is 3.54. The first-order valence-electron chi connectivity index (χ1n) is 8.63. The molecule has 1 amide bonds. The molecule has 1 aliphatic rings. The zero-order valence-corrected chi connectivity index (χ0v) is 15.1. The second-order valence-electron chi connectivity index (χ2n) is 6.18. The third kappa shape index (κ3) is 4.68. The van der Waals surface area contributed by atoms with Crippen LogP contribution < -0.4 is 15.0 Å². The number of piperidine rings is 1. The molecule has 0 radical (unpaired) electrons. The molecule has 0 unspecified atom stereocenters. The maximum absolute atomic E-state index is 12.3. The van der Waals surface area contributed by atoms with Crippen molar-refractivity contribution in [3.63, 3.8) is 0 Å². The molecule has 26 heavy (non-hydrogen) atoms. The van der Waals surface area contributed by atoms with E-state index in [0.29, 0.717) is 22.0 Å². The normalized spacial score (nSPS) is 13.8. The number of anilines is 2. The molecule has 2 aromatic carbocycles. The topological polar surface area (TPSA) is 65.4 Å². The van der Waals surface area contributed by atoms with Gasteiger partial charge in [0.25, 0.3) is 5.91 Å². The highest BCUT2D eigenvalue weighted by Gasteiger charge is 2.16. The molecule has 1 saturated heterocycles. The second kappa shape index (κ2) is 8.59. The summed E-state index contributed by atoms with van der Waals surface area (Å²) in [6, 6.07) is 14.2. The standard InChI is InChI=1S/C20H20ClN3O2/c21-16-6-9-19(24-10-2-1-3-11-24)18(12-16)23-20(25)14-26-17-7-4-15(13-22)5-8-17/h4-9,12H,1-3,10-11,14H2,(H,23,25). The van der Waals surface area contributed by atoms with E-state index in [-0.39, 0.29) is 12.5 Å². The van der Waals surface area contributed by atoms with Crippen LogP contribution >= 0.6 is 11.6 Å². The van der Waals surface area contributed by atoms with Gasteiger partial charge in [-0.25, -0.2) is 0 Å². The SMILES string of the molecule is N#Cc1ccc(OCC(=O)Nc2cc(Cl)ccc2N2CCCCC2)cc1. The Morgan fingerprint density at radius 3 is 2.58 bits per heavy atom. The highest BCUT2D eigenvalue weighted by atomic mass is 35.5. The highest BCUT2D eigenvalue weighted by molar-refractivity contribution is 6.31. The Kier molecular flexibility index (Phi) is 5.98. The number of carbonyl (C=O) groups excluding carboxylic acids is 1. The number of hydrogen-bond acceptors (Lipinski definition) is 4. The predicted molar refractivity (Wildman–Crippen MR) is 103 cm³/mol. The van der Waals surface area contributed by atoms with E-state index in [1.807, 2.05) is 18.2 Å². The van der Waals surface area contributed by atoms with E-state index in [0.717, 1.165) is 31.6 Å². The molecule has 5 nitrogen and oxygen atoms in total. The number of benzene rings is 2. The van der Waals surface area contributed by atoms with Crippen LogP contribution in [-0.4, -0.2) is 25.6 Å². The van der Waals surface area contributed by atoms with Crippen LogP contribution in [0.3, 0.4) is 0 Å². The molecule has 0 saturated carbocycles. The summed E-state index contributed by atoms with van der Waals surface area (Å²) in [5, 5.41) is 12.3. The molecule has 134 valence electrons. The molecule has 0 atom stereocenters. The summed E-state index contributed by atoms with van der Waals surface area (Å²) in [5.74, 6) is 0.288. The molecule has 1 N–H and O–H groups in total. The largest absolute Gasteiger partial charge is 0.484 e. The van der Waals surface area contributed by atoms with Crippen molar-refractivity contribution in [2.75, 3.05) is 29.9 Å². The van der Waals surface area contributed by atoms with E-state index in [1.54, 1.807) is 30.3 Å². The van der Waals surface area contributed by atoms with Gasteiger partial charge in [0.15, 0.2) is 6.61 Å². The van der Waals surface area contributed by atoms with Crippen molar-refractivity contribution < 1.29 is 9.53 Å². The van der Waals surface area contributed by atoms with E-state index in [2.05, 4.69) is 10.2 Å². The Morgan fingerprint density at radius 1 is 1.15 bits per heavy atom. The maximum Gasteiger partial charge on any atom is 0.262 e. The van der Waals surface area contributed by atoms with Gasteiger partial charge < -0.3 is 15.0 Å². The number of ether oxygens (including phenoxy) is 1. The van der Waals surface area contributed by atoms with E-state index in [9.17, 15) is 4.79 Å². The molecule has 0 aliphatic carbocycles. The molecular weight excluding hydrogens is 350 g/mol. The van der Waals surface area contributed by atoms with Gasteiger partial charge in [-0.15, -0.1) is 0 Å². The molecule has 1 fully saturated rings. The molecule has 2 aromatic rings. The molecule has 3 rings (SSSR count). The molecular formula is C20H20ClN3O2. The van der Waals surface area contributed by atoms with Crippen molar-refractivity contribution in [3.05, 3.63) is 53.1 Å². The molecule has 0 aromatic heterocycles. The quantitative estimate of drug-likeness (QED) is 0.856. The number of carbonyl (C=O) groups is 1. The Bertz CT molecular complexity index is 809. The van der Waals surface area contributed by atoms with E-state index < -0.39 is 0 Å². The minimum atomic E-state index is -0.255. The van der Waals surface area contributed by atoms with Gasteiger partial charge in [0, 0.05) is 18.1 Å². The van der Waals surface area contributed by atoms with Crippen LogP contribution in [0.15, 0.2) is 42.5 Å². The molecule has 1 heterocycles. The number of halogens is 1. The van der Waals surface area contributed by atoms with Crippen LogP contribution in [0.1, 0.15) is 24.8 Å². The second-order valence-corrected chi connectivity index (χ2v) is 6.62. The third-order valence-corrected chi connectivity index (χ3v) is 4.52. The number of nitriles is 1. The Labute approximate surface area is 158 Å². The van der Waals surface area contributed by atoms with Gasteiger partial charge in [0.2, 0.25) is 0 Å². The van der Waals surface area contributed by atoms with Gasteiger partial charge in [-0.05, 0) is 61.7 Å². The highest BCUT2D eigenvalue weighted by Crippen LogP contribution is 2.31. The summed E-state index contributed by atoms with van der Waals surface area (Å²) in [4.78, 5) is 14.6. The number of hydrogen-bond donors (Lipinski definition) is 1. The number of amides is 1. The Balaban J connectivity index is 1.64. The van der Waals surface area contributed by atoms with E-state index in [1.165, 1.54) is 6.42 Å². The number of nitrogens with one attached hydrogen (secondary N) is 1. The molecule has 6 heteroatoms. The van der Waals surface area contributed by atoms with Crippen molar-refractivity contribution in [2.24, 2.45) is 0 Å². The fraction of sp³-hybridized carbons (Fsp3) is 0.300. The van der Waals surface area contributed by atoms with Crippen molar-refractivity contribution >= 4 is 28.9 Å². The molecule has 1 aliphatic heterocycles. The zero-order chi connectivity index (χ0) is 18.4. The van der Waals surface area contributed by atoms with Gasteiger partial charge in [0.05, 0.1) is 23.0 Å². The van der Waals surface area contributed by atoms with Gasteiger partial charge in [-0.1, -0.05) is 11.6 Å². The minimum absolute atomic E-state index is 0.113. The number of nitrogens with zero attached hydrogens (tertiary/aromatic N) is 2. The molecule has 0 spiro atoms. The monoisotopic (exact) mass is 369 g/mol. The Hall–Kier alpha value is -2.71. The van der Waals surface area contributed by atoms with Crippen LogP contribution in [0.4, 0.5) is 11.4 Å². The minimum Gasteiger partial charge on any atom is -0.484 e. The lowest BCUT2D eigenvalue weighted by molar-refractivity contribution is -0.118. The summed E-state index contributed by atoms with van der Waals surface area (Å²) >= 11 is 6.11. The first-order valence-corrected chi connectivity index (χ1v) is 9.01. The van der Waals surface area contributed by atoms with Gasteiger partial charge >= 0.3 is 0 Å². The lowest BCUT2D eigenvalue weighted by Crippen LogP contribution is -2.31. The van der Waals surface area contributed by atoms with Crippen molar-refractivity contribution in [2.45, 2.75) is 19.3 Å². The molecule has 0 bridgehead atoms. The smallest absolute Gasteiger partial charge is 0.262 e. The van der Waals surface area contributed by atoms with Crippen molar-refractivity contribution in [1.29, 1.82) is 5.26 Å². The van der Waals surface area contributed by atoms with Gasteiger partial charge in [0.1, 0.15) is 5.75 Å². The first kappa shape index (κ1) is 18.1. The summed E-state index contributed by atoms with van der Waals surface area (Å²) in [6.45, 7) is 1.84. The van der Waals surface area contributed by atoms with Crippen LogP contribution in [0.2, 0.25) is 5.02 Å². The zero-order valence-electron chi connectivity index (χ0n) is 14.4. The number of rotatable bonds is 5. The average Bonchev–Trinajstić information content (AvgIpc) is 2.67. The fourth-order valence-corrected chi connectivity index (χ4v) is 3.15. The van der Waals surface area contributed by atoms with Crippen LogP contribution in [0, 0.1) is 11.3 Å². The Morgan fingerprint density at radius 2 is 1.88 bits per heavy atom. The lowest BCUT2D eigenvalue weighted by Gasteiger charge is -2.30. The van der Waals surface area contributed by atoms with Gasteiger partial charge in [-0.2, -0.15) is 5.26 Å². The van der Waals surface area contributed by atoms with Crippen molar-refractivity contribution in [3.8, 4) is 11.8 Å². The maximum atomic E-state index is 12.3. The summed E-state index contributed by atoms with van der Waals surface area (Å²) in [7, 11) is 0. The third-order valence-electron chi connectivity index (χ3n) is 4.28. The van der Waals surface area contributed by atoms with Crippen LogP contribution in [-0.2, 0) is 4.79 Å². The predicted octanol–water partition coefficient (Wildman–Crippen LogP) is 4.22. The lowest BCUT2D eigenvalue weighted by atomic mass is 10.1. The summed E-state index contributed by atoms with van der Waals surface area (Å²) < 4.78 is 5.49. The van der Waals surface area contributed by atoms with E-state index >= 15 is 0 Å². The first-order chi connectivity index (χ1) is 12.7. The average molecular weight is 370 g/mol.